The first-order valence-corrected chi connectivity index (χ1v) is 11.1. The Bertz CT molecular complexity index is 1150. The van der Waals surface area contributed by atoms with E-state index in [1.54, 1.807) is 17.2 Å². The van der Waals surface area contributed by atoms with Gasteiger partial charge in [0.25, 0.3) is 5.91 Å². The fraction of sp³-hybridized carbons (Fsp3) is 0.673. The number of benzene rings is 2. The van der Waals surface area contributed by atoms with Crippen molar-refractivity contribution in [1.82, 2.24) is 5.06 Å². The summed E-state index contributed by atoms with van der Waals surface area (Å²) in [6.45, 7) is 0.298. The topological polar surface area (TPSA) is 94.4 Å². The molecule has 2 aromatic carbocycles. The van der Waals surface area contributed by atoms with E-state index in [4.69, 9.17) is 31.6 Å². The van der Waals surface area contributed by atoms with Crippen molar-refractivity contribution in [3.8, 4) is 11.8 Å². The molecule has 57 heavy (non-hydrogen) atoms. The minimum Gasteiger partial charge on any atom is -0.468 e. The predicted molar refractivity (Wildman–Crippen MR) is 281 cm³/mol. The molecule has 0 unspecified atom stereocenters. The Hall–Kier alpha value is -2.89. The highest BCUT2D eigenvalue weighted by atomic mass is 35.5. The SMILES string of the molecule is C.C.C.C.C.C.C.C.C.C.C.C.C.C.C.C.C.C.C.C.C.C.C.C.COC(=O)[C@@H]1[C@@H]2C[C@H]3O[C@H]3C[C@]2(C(N)=O)ON1Cc1ccc(C#Cc2ccc(Cl)cc2)cc1. The number of nitrogens with two attached hydrogens (primary N) is 1. The average molecular weight is 852 g/mol. The van der Waals surface area contributed by atoms with Crippen molar-refractivity contribution in [3.05, 3.63) is 70.2 Å². The standard InChI is InChI=1S/C25H23ClN2O5.24CH4/c1-31-23(29)22-19-12-20-21(32-20)13-25(19,24(27)30)33-28(22)14-17-6-4-15(5-7-17)2-3-16-8-10-18(26)11-9-16;;;;;;;;;;;;;;;;;;;;;;;;/h4-11,19-22H,12-14H2,1H3,(H2,27,30);24*1H4/t19-,20+,21-,22-,25-;;;;;;;;;;;;;;;;;;;;;;;;/m0......................../s1. The Balaban J connectivity index is -0.0000000317. The summed E-state index contributed by atoms with van der Waals surface area (Å²) in [7, 11) is 1.33. The molecule has 1 aliphatic carbocycles. The van der Waals surface area contributed by atoms with Crippen LogP contribution in [-0.4, -0.2) is 47.9 Å². The normalized spacial score (nSPS) is 17.3. The zero-order valence-electron chi connectivity index (χ0n) is 18.0. The van der Waals surface area contributed by atoms with Crippen LogP contribution in [0.1, 0.15) is 208 Å². The molecule has 7 nitrogen and oxygen atoms in total. The van der Waals surface area contributed by atoms with Gasteiger partial charge in [-0.25, -0.2) is 0 Å². The van der Waals surface area contributed by atoms with E-state index in [1.165, 1.54) is 7.11 Å². The monoisotopic (exact) mass is 851 g/mol. The number of ether oxygens (including phenoxy) is 2. The molecule has 5 atom stereocenters. The van der Waals surface area contributed by atoms with Crippen LogP contribution in [0.25, 0.3) is 0 Å². The van der Waals surface area contributed by atoms with E-state index in [-0.39, 0.29) is 190 Å². The fourth-order valence-electron chi connectivity index (χ4n) is 4.83. The molecule has 362 valence electrons. The molecular weight excluding hydrogens is 732 g/mol. The highest BCUT2D eigenvalue weighted by molar-refractivity contribution is 6.30. The van der Waals surface area contributed by atoms with Gasteiger partial charge in [0, 0.05) is 28.5 Å². The second-order valence-corrected chi connectivity index (χ2v) is 9.04. The van der Waals surface area contributed by atoms with Crippen LogP contribution in [0.5, 0.6) is 0 Å². The van der Waals surface area contributed by atoms with Gasteiger partial charge in [-0.2, -0.15) is 5.06 Å². The zero-order valence-corrected chi connectivity index (χ0v) is 18.7. The first-order valence-electron chi connectivity index (χ1n) is 10.7. The van der Waals surface area contributed by atoms with Crippen molar-refractivity contribution in [3.63, 3.8) is 0 Å². The van der Waals surface area contributed by atoms with Gasteiger partial charge < -0.3 is 15.2 Å². The summed E-state index contributed by atoms with van der Waals surface area (Å²) in [5.41, 5.74) is 7.13. The van der Waals surface area contributed by atoms with Crippen molar-refractivity contribution >= 4 is 23.5 Å². The van der Waals surface area contributed by atoms with Crippen molar-refractivity contribution in [2.75, 3.05) is 7.11 Å². The van der Waals surface area contributed by atoms with Gasteiger partial charge in [0.05, 0.1) is 25.9 Å². The molecule has 0 radical (unpaired) electrons. The van der Waals surface area contributed by atoms with Crippen LogP contribution in [0.4, 0.5) is 0 Å². The number of carbonyl (C=O) groups excluding carboxylic acids is 2. The molecule has 3 fully saturated rings. The van der Waals surface area contributed by atoms with Gasteiger partial charge in [-0.05, 0) is 48.4 Å². The lowest BCUT2D eigenvalue weighted by Gasteiger charge is -2.32. The molecule has 8 heteroatoms. The lowest BCUT2D eigenvalue weighted by molar-refractivity contribution is -0.218. The third kappa shape index (κ3) is 26.7. The van der Waals surface area contributed by atoms with Crippen molar-refractivity contribution in [2.24, 2.45) is 11.7 Å². The maximum atomic E-state index is 12.7. The lowest BCUT2D eigenvalue weighted by Crippen LogP contribution is -2.54. The number of fused-ring (bicyclic) bond motifs is 2. The summed E-state index contributed by atoms with van der Waals surface area (Å²) in [6, 6.07) is 14.2. The molecule has 2 aliphatic heterocycles. The number of amides is 1. The van der Waals surface area contributed by atoms with Crippen molar-refractivity contribution < 1.29 is 23.9 Å². The van der Waals surface area contributed by atoms with Gasteiger partial charge >= 0.3 is 5.97 Å². The van der Waals surface area contributed by atoms with Crippen LogP contribution in [0, 0.1) is 17.8 Å². The van der Waals surface area contributed by atoms with E-state index in [2.05, 4.69) is 11.8 Å². The minimum absolute atomic E-state index is 0. The van der Waals surface area contributed by atoms with Gasteiger partial charge in [-0.15, -0.1) is 0 Å². The second kappa shape index (κ2) is 53.1. The number of nitrogens with zero attached hydrogens (tertiary/aromatic N) is 1. The molecule has 1 saturated carbocycles. The van der Waals surface area contributed by atoms with Gasteiger partial charge in [-0.3, -0.25) is 14.4 Å². The van der Waals surface area contributed by atoms with Gasteiger partial charge in [0.1, 0.15) is 6.04 Å². The van der Waals surface area contributed by atoms with E-state index in [1.807, 2.05) is 36.4 Å². The summed E-state index contributed by atoms with van der Waals surface area (Å²) in [6.07, 6.45) is 0.867. The molecule has 2 N–H and O–H groups in total. The smallest absolute Gasteiger partial charge is 0.325 e. The number of hydrogen-bond donors (Lipinski definition) is 1. The van der Waals surface area contributed by atoms with Crippen LogP contribution < -0.4 is 5.73 Å². The van der Waals surface area contributed by atoms with Crippen molar-refractivity contribution in [2.45, 2.75) is 221 Å². The summed E-state index contributed by atoms with van der Waals surface area (Å²) >= 11 is 5.91. The quantitative estimate of drug-likeness (QED) is 0.187. The van der Waals surface area contributed by atoms with Gasteiger partial charge in [0.15, 0.2) is 5.60 Å². The third-order valence-electron chi connectivity index (χ3n) is 6.60. The predicted octanol–water partition coefficient (Wildman–Crippen LogP) is 17.7. The molecule has 2 aromatic rings. The molecule has 3 aliphatic rings. The lowest BCUT2D eigenvalue weighted by atomic mass is 9.72. The maximum absolute atomic E-state index is 12.7. The number of methoxy groups -OCH3 is 1. The first-order chi connectivity index (χ1) is 15.9. The van der Waals surface area contributed by atoms with E-state index in [0.717, 1.165) is 16.7 Å². The van der Waals surface area contributed by atoms with E-state index in [0.29, 0.717) is 24.4 Å². The van der Waals surface area contributed by atoms with Crippen molar-refractivity contribution in [1.29, 1.82) is 0 Å². The number of halogens is 1. The zero-order chi connectivity index (χ0) is 23.2. The van der Waals surface area contributed by atoms with Gasteiger partial charge in [0.2, 0.25) is 0 Å². The highest BCUT2D eigenvalue weighted by Gasteiger charge is 2.68. The Labute approximate surface area is 373 Å². The summed E-state index contributed by atoms with van der Waals surface area (Å²) < 4.78 is 10.6. The summed E-state index contributed by atoms with van der Waals surface area (Å²) in [4.78, 5) is 31.3. The number of esters is 1. The van der Waals surface area contributed by atoms with Crippen LogP contribution >= 0.6 is 11.6 Å². The number of primary amides is 1. The fourth-order valence-corrected chi connectivity index (χ4v) is 4.95. The van der Waals surface area contributed by atoms with E-state index in [9.17, 15) is 9.59 Å². The molecule has 2 heterocycles. The summed E-state index contributed by atoms with van der Waals surface area (Å²) in [5.74, 6) is 4.77. The average Bonchev–Trinajstić information content (AvgIpc) is 3.49. The maximum Gasteiger partial charge on any atom is 0.325 e. The van der Waals surface area contributed by atoms with E-state index < -0.39 is 29.4 Å². The number of carbonyl (C=O) groups is 2. The Kier molecular flexibility index (Phi) is 122. The van der Waals surface area contributed by atoms with Crippen LogP contribution in [-0.2, 0) is 30.4 Å². The minimum atomic E-state index is -1.26. The number of rotatable bonds is 4. The number of hydrogen-bond acceptors (Lipinski definition) is 6. The molecular formula is C49H119ClN2O5. The van der Waals surface area contributed by atoms with Crippen LogP contribution in [0.3, 0.4) is 0 Å². The molecule has 2 saturated heterocycles. The van der Waals surface area contributed by atoms with Crippen LogP contribution in [0.15, 0.2) is 48.5 Å². The first kappa shape index (κ1) is 131. The number of hydroxylamine groups is 2. The second-order valence-electron chi connectivity index (χ2n) is 8.60. The van der Waals surface area contributed by atoms with Gasteiger partial charge in [-0.1, -0.05) is 214 Å². The molecule has 0 aromatic heterocycles. The number of epoxide rings is 1. The molecule has 0 spiro atoms. The molecule has 0 bridgehead atoms. The molecule has 5 rings (SSSR count). The Morgan fingerprint density at radius 1 is 0.667 bits per heavy atom. The Morgan fingerprint density at radius 3 is 1.39 bits per heavy atom. The third-order valence-corrected chi connectivity index (χ3v) is 6.85. The highest BCUT2D eigenvalue weighted by Crippen LogP contribution is 2.53. The largest absolute Gasteiger partial charge is 0.468 e. The Morgan fingerprint density at radius 2 is 1.04 bits per heavy atom. The van der Waals surface area contributed by atoms with E-state index >= 15 is 0 Å². The van der Waals surface area contributed by atoms with Crippen LogP contribution in [0.2, 0.25) is 5.02 Å². The molecule has 1 amide bonds. The summed E-state index contributed by atoms with van der Waals surface area (Å²) in [5, 5.41) is 2.21.